The van der Waals surface area contributed by atoms with Gasteiger partial charge in [0.15, 0.2) is 0 Å². The zero-order valence-corrected chi connectivity index (χ0v) is 19.7. The molecular formula is C26H35N3O4. The highest BCUT2D eigenvalue weighted by molar-refractivity contribution is 5.79. The second kappa shape index (κ2) is 12.3. The summed E-state index contributed by atoms with van der Waals surface area (Å²) in [4.78, 5) is 32.9. The normalized spacial score (nSPS) is 18.3. The number of ether oxygens (including phenoxy) is 1. The van der Waals surface area contributed by atoms with Crippen molar-refractivity contribution in [2.75, 3.05) is 40.3 Å². The van der Waals surface area contributed by atoms with Gasteiger partial charge < -0.3 is 19.6 Å². The van der Waals surface area contributed by atoms with Gasteiger partial charge in [-0.25, -0.2) is 0 Å². The first-order chi connectivity index (χ1) is 15.9. The summed E-state index contributed by atoms with van der Waals surface area (Å²) in [5.41, 5.74) is 2.03. The van der Waals surface area contributed by atoms with Crippen LogP contribution >= 0.6 is 0 Å². The molecule has 0 aliphatic carbocycles. The first-order valence-electron chi connectivity index (χ1n) is 11.7. The van der Waals surface area contributed by atoms with Crippen molar-refractivity contribution in [1.29, 1.82) is 0 Å². The van der Waals surface area contributed by atoms with E-state index in [9.17, 15) is 14.7 Å². The number of pyridine rings is 1. The van der Waals surface area contributed by atoms with Gasteiger partial charge in [0.25, 0.3) is 0 Å². The third-order valence-electron chi connectivity index (χ3n) is 6.55. The van der Waals surface area contributed by atoms with E-state index in [-0.39, 0.29) is 24.2 Å². The number of likely N-dealkylation sites (N-methyl/N-ethyl adjacent to an activating group) is 1. The van der Waals surface area contributed by atoms with Crippen molar-refractivity contribution in [2.45, 2.75) is 32.1 Å². The van der Waals surface area contributed by atoms with Crippen LogP contribution in [-0.4, -0.2) is 72.1 Å². The number of methoxy groups -OCH3 is 1. The first kappa shape index (κ1) is 24.7. The van der Waals surface area contributed by atoms with Gasteiger partial charge in [0.1, 0.15) is 5.75 Å². The minimum atomic E-state index is -0.758. The van der Waals surface area contributed by atoms with Gasteiger partial charge in [-0.2, -0.15) is 0 Å². The van der Waals surface area contributed by atoms with Crippen molar-refractivity contribution in [3.05, 3.63) is 59.9 Å². The lowest BCUT2D eigenvalue weighted by molar-refractivity contribution is -0.139. The molecule has 0 unspecified atom stereocenters. The molecule has 2 aromatic rings. The Hall–Kier alpha value is -2.93. The maximum atomic E-state index is 13.0. The number of likely N-dealkylation sites (tertiary alicyclic amines) is 1. The molecule has 33 heavy (non-hydrogen) atoms. The van der Waals surface area contributed by atoms with Crippen LogP contribution in [0, 0.1) is 11.8 Å². The number of rotatable bonds is 11. The van der Waals surface area contributed by atoms with Crippen molar-refractivity contribution in [3.8, 4) is 5.75 Å². The number of carbonyl (C=O) groups is 2. The predicted molar refractivity (Wildman–Crippen MR) is 127 cm³/mol. The summed E-state index contributed by atoms with van der Waals surface area (Å²) in [5, 5.41) is 9.38. The first-order valence-corrected chi connectivity index (χ1v) is 11.7. The lowest BCUT2D eigenvalue weighted by Gasteiger charge is -2.39. The molecule has 0 spiro atoms. The Kier molecular flexibility index (Phi) is 9.24. The maximum Gasteiger partial charge on any atom is 0.303 e. The molecule has 1 fully saturated rings. The van der Waals surface area contributed by atoms with Crippen LogP contribution in [0.1, 0.15) is 30.5 Å². The number of hydrogen-bond donors (Lipinski definition) is 1. The van der Waals surface area contributed by atoms with E-state index in [0.717, 1.165) is 49.4 Å². The Morgan fingerprint density at radius 2 is 1.94 bits per heavy atom. The van der Waals surface area contributed by atoms with E-state index in [1.807, 2.05) is 53.6 Å². The van der Waals surface area contributed by atoms with Gasteiger partial charge in [-0.1, -0.05) is 18.2 Å². The number of amides is 1. The second-order valence-electron chi connectivity index (χ2n) is 8.93. The van der Waals surface area contributed by atoms with Gasteiger partial charge in [-0.3, -0.25) is 14.6 Å². The van der Waals surface area contributed by atoms with Crippen LogP contribution in [0.15, 0.2) is 48.7 Å². The van der Waals surface area contributed by atoms with E-state index >= 15 is 0 Å². The van der Waals surface area contributed by atoms with E-state index < -0.39 is 5.97 Å². The average molecular weight is 454 g/mol. The van der Waals surface area contributed by atoms with Gasteiger partial charge in [0.2, 0.25) is 5.91 Å². The molecule has 2 heterocycles. The molecule has 2 atom stereocenters. The Bertz CT molecular complexity index is 888. The van der Waals surface area contributed by atoms with Gasteiger partial charge in [-0.15, -0.1) is 0 Å². The molecule has 1 N–H and O–H groups in total. The molecule has 0 radical (unpaired) electrons. The zero-order valence-electron chi connectivity index (χ0n) is 19.7. The molecule has 7 nitrogen and oxygen atoms in total. The average Bonchev–Trinajstić information content (AvgIpc) is 2.82. The second-order valence-corrected chi connectivity index (χ2v) is 8.93. The monoisotopic (exact) mass is 453 g/mol. The van der Waals surface area contributed by atoms with Gasteiger partial charge in [-0.05, 0) is 68.1 Å². The van der Waals surface area contributed by atoms with Gasteiger partial charge in [0, 0.05) is 44.4 Å². The summed E-state index contributed by atoms with van der Waals surface area (Å²) in [6.07, 6.45) is 4.83. The smallest absolute Gasteiger partial charge is 0.303 e. The Balaban J connectivity index is 1.54. The standard InChI is InChI=1S/C26H35N3O4/c1-28(15-12-23-5-3-4-13-27-23)14-10-22-19-29(16-11-21(22)18-26(31)32)25(30)17-20-6-8-24(33-2)9-7-20/h3-9,13,21-22H,10-12,14-19H2,1-2H3,(H,31,32)/t21-,22+/m0/s1. The molecule has 1 aliphatic rings. The number of carboxylic acids is 1. The quantitative estimate of drug-likeness (QED) is 0.563. The lowest BCUT2D eigenvalue weighted by atomic mass is 9.81. The third-order valence-corrected chi connectivity index (χ3v) is 6.55. The summed E-state index contributed by atoms with van der Waals surface area (Å²) in [6.45, 7) is 3.02. The third kappa shape index (κ3) is 7.86. The molecule has 0 saturated carbocycles. The molecule has 3 rings (SSSR count). The highest BCUT2D eigenvalue weighted by atomic mass is 16.5. The minimum absolute atomic E-state index is 0.0995. The summed E-state index contributed by atoms with van der Waals surface area (Å²) in [5.74, 6) is 0.408. The highest BCUT2D eigenvalue weighted by Gasteiger charge is 2.32. The van der Waals surface area contributed by atoms with Crippen LogP contribution in [-0.2, 0) is 22.4 Å². The number of piperidine rings is 1. The molecule has 1 amide bonds. The molecule has 1 aliphatic heterocycles. The maximum absolute atomic E-state index is 13.0. The fourth-order valence-corrected chi connectivity index (χ4v) is 4.51. The molecular weight excluding hydrogens is 418 g/mol. The SMILES string of the molecule is COc1ccc(CC(=O)N2CC[C@@H](CC(=O)O)[C@H](CCN(C)CCc3ccccn3)C2)cc1. The van der Waals surface area contributed by atoms with Crippen LogP contribution in [0.4, 0.5) is 0 Å². The van der Waals surface area contributed by atoms with Gasteiger partial charge in [0.05, 0.1) is 13.5 Å². The Morgan fingerprint density at radius 1 is 1.15 bits per heavy atom. The van der Waals surface area contributed by atoms with E-state index in [0.29, 0.717) is 19.5 Å². The molecule has 0 bridgehead atoms. The summed E-state index contributed by atoms with van der Waals surface area (Å²) < 4.78 is 5.19. The summed E-state index contributed by atoms with van der Waals surface area (Å²) in [7, 11) is 3.71. The van der Waals surface area contributed by atoms with Crippen molar-refractivity contribution in [1.82, 2.24) is 14.8 Å². The van der Waals surface area contributed by atoms with E-state index in [1.54, 1.807) is 7.11 Å². The van der Waals surface area contributed by atoms with Crippen LogP contribution < -0.4 is 4.74 Å². The zero-order chi connectivity index (χ0) is 23.6. The van der Waals surface area contributed by atoms with Crippen LogP contribution in [0.3, 0.4) is 0 Å². The van der Waals surface area contributed by atoms with E-state index in [2.05, 4.69) is 16.9 Å². The molecule has 1 aromatic carbocycles. The van der Waals surface area contributed by atoms with Crippen molar-refractivity contribution in [2.24, 2.45) is 11.8 Å². The highest BCUT2D eigenvalue weighted by Crippen LogP contribution is 2.30. The topological polar surface area (TPSA) is 83.0 Å². The Labute approximate surface area is 196 Å². The molecule has 7 heteroatoms. The number of nitrogens with zero attached hydrogens (tertiary/aromatic N) is 3. The van der Waals surface area contributed by atoms with Crippen molar-refractivity contribution in [3.63, 3.8) is 0 Å². The predicted octanol–water partition coefficient (Wildman–Crippen LogP) is 3.14. The minimum Gasteiger partial charge on any atom is -0.497 e. The van der Waals surface area contributed by atoms with Crippen LogP contribution in [0.25, 0.3) is 0 Å². The van der Waals surface area contributed by atoms with E-state index in [4.69, 9.17) is 4.74 Å². The lowest BCUT2D eigenvalue weighted by Crippen LogP contribution is -2.45. The van der Waals surface area contributed by atoms with Crippen LogP contribution in [0.2, 0.25) is 0 Å². The number of aliphatic carboxylic acids is 1. The number of carboxylic acid groups (broad SMARTS) is 1. The summed E-state index contributed by atoms with van der Waals surface area (Å²) in [6, 6.07) is 13.5. The largest absolute Gasteiger partial charge is 0.497 e. The Morgan fingerprint density at radius 3 is 2.61 bits per heavy atom. The molecule has 1 aromatic heterocycles. The number of benzene rings is 1. The van der Waals surface area contributed by atoms with Crippen molar-refractivity contribution < 1.29 is 19.4 Å². The number of hydrogen-bond acceptors (Lipinski definition) is 5. The summed E-state index contributed by atoms with van der Waals surface area (Å²) >= 11 is 0. The fourth-order valence-electron chi connectivity index (χ4n) is 4.51. The molecule has 178 valence electrons. The number of carbonyl (C=O) groups excluding carboxylic acids is 1. The fraction of sp³-hybridized carbons (Fsp3) is 0.500. The number of aromatic nitrogens is 1. The van der Waals surface area contributed by atoms with Crippen LogP contribution in [0.5, 0.6) is 5.75 Å². The van der Waals surface area contributed by atoms with Crippen molar-refractivity contribution >= 4 is 11.9 Å². The molecule has 1 saturated heterocycles. The van der Waals surface area contributed by atoms with E-state index in [1.165, 1.54) is 0 Å². The van der Waals surface area contributed by atoms with Gasteiger partial charge >= 0.3 is 5.97 Å².